The second-order valence-corrected chi connectivity index (χ2v) is 5.07. The lowest BCUT2D eigenvalue weighted by Crippen LogP contribution is -2.25. The third-order valence-corrected chi connectivity index (χ3v) is 2.48. The summed E-state index contributed by atoms with van der Waals surface area (Å²) < 4.78 is 4.96. The average Bonchev–Trinajstić information content (AvgIpc) is 2.25. The van der Waals surface area contributed by atoms with Crippen molar-refractivity contribution in [1.29, 1.82) is 0 Å². The van der Waals surface area contributed by atoms with Crippen LogP contribution in [0.2, 0.25) is 0 Å². The summed E-state index contributed by atoms with van der Waals surface area (Å²) in [5.41, 5.74) is -0.483. The van der Waals surface area contributed by atoms with Crippen molar-refractivity contribution in [3.05, 3.63) is 0 Å². The van der Waals surface area contributed by atoms with E-state index in [-0.39, 0.29) is 6.10 Å². The first-order valence-electron chi connectivity index (χ1n) is 6.64. The van der Waals surface area contributed by atoms with Crippen molar-refractivity contribution in [3.63, 3.8) is 0 Å². The van der Waals surface area contributed by atoms with Crippen molar-refractivity contribution in [2.75, 3.05) is 0 Å². The molecule has 0 spiro atoms. The number of rotatable bonds is 9. The SMILES string of the molecule is CCCCC(C)OC(=O)OOOC(C)(C)CCC. The van der Waals surface area contributed by atoms with Gasteiger partial charge in [-0.2, -0.15) is 4.89 Å². The lowest BCUT2D eigenvalue weighted by Gasteiger charge is -2.21. The molecule has 1 atom stereocenters. The first-order chi connectivity index (χ1) is 8.41. The van der Waals surface area contributed by atoms with Gasteiger partial charge in [-0.1, -0.05) is 33.1 Å². The summed E-state index contributed by atoms with van der Waals surface area (Å²) in [5, 5.41) is 4.44. The first kappa shape index (κ1) is 17.2. The van der Waals surface area contributed by atoms with Crippen molar-refractivity contribution in [1.82, 2.24) is 0 Å². The summed E-state index contributed by atoms with van der Waals surface area (Å²) in [6.07, 6.45) is 3.60. The molecule has 0 aliphatic heterocycles. The summed E-state index contributed by atoms with van der Waals surface area (Å²) in [6.45, 7) is 9.65. The number of ether oxygens (including phenoxy) is 1. The van der Waals surface area contributed by atoms with Gasteiger partial charge in [0.05, 0.1) is 0 Å². The summed E-state index contributed by atoms with van der Waals surface area (Å²) in [5.74, 6) is 0. The van der Waals surface area contributed by atoms with E-state index in [0.717, 1.165) is 32.1 Å². The van der Waals surface area contributed by atoms with Crippen LogP contribution in [0.1, 0.15) is 66.7 Å². The van der Waals surface area contributed by atoms with E-state index >= 15 is 0 Å². The van der Waals surface area contributed by atoms with Crippen LogP contribution in [-0.4, -0.2) is 17.9 Å². The molecule has 0 aromatic heterocycles. The molecule has 0 amide bonds. The van der Waals surface area contributed by atoms with Crippen LogP contribution in [-0.2, 0) is 19.6 Å². The van der Waals surface area contributed by atoms with E-state index in [4.69, 9.17) is 9.62 Å². The lowest BCUT2D eigenvalue weighted by molar-refractivity contribution is -0.517. The van der Waals surface area contributed by atoms with Crippen LogP contribution in [0.5, 0.6) is 0 Å². The molecule has 5 nitrogen and oxygen atoms in total. The lowest BCUT2D eigenvalue weighted by atomic mass is 10.0. The van der Waals surface area contributed by atoms with Crippen LogP contribution >= 0.6 is 0 Å². The molecule has 0 radical (unpaired) electrons. The molecule has 18 heavy (non-hydrogen) atoms. The maximum Gasteiger partial charge on any atom is 0.542 e. The fraction of sp³-hybridized carbons (Fsp3) is 0.923. The molecule has 108 valence electrons. The second kappa shape index (κ2) is 9.16. The van der Waals surface area contributed by atoms with Crippen molar-refractivity contribution in [2.45, 2.75) is 78.4 Å². The van der Waals surface area contributed by atoms with Gasteiger partial charge in [0.25, 0.3) is 0 Å². The van der Waals surface area contributed by atoms with E-state index in [2.05, 4.69) is 16.8 Å². The van der Waals surface area contributed by atoms with Gasteiger partial charge in [0.2, 0.25) is 0 Å². The first-order valence-corrected chi connectivity index (χ1v) is 6.64. The average molecular weight is 262 g/mol. The fourth-order valence-electron chi connectivity index (χ4n) is 1.52. The van der Waals surface area contributed by atoms with Gasteiger partial charge in [-0.05, 0) is 38.7 Å². The van der Waals surface area contributed by atoms with E-state index in [1.165, 1.54) is 0 Å². The highest BCUT2D eigenvalue weighted by atomic mass is 17.5. The molecule has 5 heteroatoms. The van der Waals surface area contributed by atoms with Gasteiger partial charge < -0.3 is 4.74 Å². The van der Waals surface area contributed by atoms with Gasteiger partial charge in [0.1, 0.15) is 11.7 Å². The van der Waals surface area contributed by atoms with Gasteiger partial charge in [-0.25, -0.2) is 9.68 Å². The minimum absolute atomic E-state index is 0.176. The van der Waals surface area contributed by atoms with Gasteiger partial charge in [-0.15, -0.1) is 0 Å². The van der Waals surface area contributed by atoms with Crippen molar-refractivity contribution >= 4 is 6.16 Å². The van der Waals surface area contributed by atoms with Crippen molar-refractivity contribution in [2.24, 2.45) is 0 Å². The zero-order valence-electron chi connectivity index (χ0n) is 12.2. The topological polar surface area (TPSA) is 54.0 Å². The highest BCUT2D eigenvalue weighted by molar-refractivity contribution is 5.59. The molecule has 0 aliphatic carbocycles. The molecule has 0 fully saturated rings. The number of carbonyl (C=O) groups excluding carboxylic acids is 1. The van der Waals surface area contributed by atoms with Gasteiger partial charge in [0.15, 0.2) is 0 Å². The largest absolute Gasteiger partial charge is 0.542 e. The zero-order valence-corrected chi connectivity index (χ0v) is 12.2. The second-order valence-electron chi connectivity index (χ2n) is 5.07. The summed E-state index contributed by atoms with van der Waals surface area (Å²) >= 11 is 0. The Bertz CT molecular complexity index is 227. The summed E-state index contributed by atoms with van der Waals surface area (Å²) in [6, 6.07) is 0. The van der Waals surface area contributed by atoms with Gasteiger partial charge in [0, 0.05) is 0 Å². The van der Waals surface area contributed by atoms with Crippen LogP contribution in [0.4, 0.5) is 4.79 Å². The Balaban J connectivity index is 3.70. The number of carbonyl (C=O) groups is 1. The molecule has 0 saturated heterocycles. The highest BCUT2D eigenvalue weighted by Gasteiger charge is 2.21. The standard InChI is InChI=1S/C13H26O5/c1-6-8-9-11(3)15-12(14)16-18-17-13(4,5)10-7-2/h11H,6-10H2,1-5H3. The van der Waals surface area contributed by atoms with E-state index in [1.807, 2.05) is 27.7 Å². The Morgan fingerprint density at radius 3 is 2.44 bits per heavy atom. The van der Waals surface area contributed by atoms with Crippen LogP contribution in [0.3, 0.4) is 0 Å². The molecular weight excluding hydrogens is 236 g/mol. The molecule has 0 aromatic rings. The summed E-state index contributed by atoms with van der Waals surface area (Å²) in [7, 11) is 0. The number of hydrogen-bond donors (Lipinski definition) is 0. The quantitative estimate of drug-likeness (QED) is 0.355. The monoisotopic (exact) mass is 262 g/mol. The van der Waals surface area contributed by atoms with E-state index in [0.29, 0.717) is 0 Å². The maximum atomic E-state index is 11.2. The van der Waals surface area contributed by atoms with Crippen LogP contribution < -0.4 is 0 Å². The molecular formula is C13H26O5. The Morgan fingerprint density at radius 2 is 1.89 bits per heavy atom. The molecule has 0 heterocycles. The van der Waals surface area contributed by atoms with Crippen LogP contribution in [0, 0.1) is 0 Å². The normalized spacial score (nSPS) is 13.2. The van der Waals surface area contributed by atoms with E-state index in [9.17, 15) is 4.79 Å². The Kier molecular flexibility index (Phi) is 8.75. The minimum Gasteiger partial charge on any atom is -0.429 e. The van der Waals surface area contributed by atoms with Crippen LogP contribution in [0.25, 0.3) is 0 Å². The molecule has 0 N–H and O–H groups in total. The van der Waals surface area contributed by atoms with Crippen molar-refractivity contribution < 1.29 is 24.3 Å². The van der Waals surface area contributed by atoms with Gasteiger partial charge in [-0.3, -0.25) is 0 Å². The number of hydrogen-bond acceptors (Lipinski definition) is 5. The summed E-state index contributed by atoms with van der Waals surface area (Å²) in [4.78, 5) is 20.6. The van der Waals surface area contributed by atoms with Crippen molar-refractivity contribution in [3.8, 4) is 0 Å². The molecule has 0 saturated carbocycles. The van der Waals surface area contributed by atoms with E-state index < -0.39 is 11.8 Å². The predicted octanol–water partition coefficient (Wildman–Crippen LogP) is 4.16. The Hall–Kier alpha value is -0.810. The predicted molar refractivity (Wildman–Crippen MR) is 67.7 cm³/mol. The molecule has 0 bridgehead atoms. The van der Waals surface area contributed by atoms with Gasteiger partial charge >= 0.3 is 6.16 Å². The minimum atomic E-state index is -0.870. The third kappa shape index (κ3) is 9.24. The smallest absolute Gasteiger partial charge is 0.429 e. The molecule has 0 aromatic carbocycles. The molecule has 0 aliphatic rings. The fourth-order valence-corrected chi connectivity index (χ4v) is 1.52. The van der Waals surface area contributed by atoms with E-state index in [1.54, 1.807) is 0 Å². The third-order valence-electron chi connectivity index (χ3n) is 2.48. The number of unbranched alkanes of at least 4 members (excludes halogenated alkanes) is 1. The Labute approximate surface area is 110 Å². The Morgan fingerprint density at radius 1 is 1.22 bits per heavy atom. The molecule has 1 unspecified atom stereocenters. The zero-order chi connectivity index (χ0) is 14.0. The highest BCUT2D eigenvalue weighted by Crippen LogP contribution is 2.17. The maximum absolute atomic E-state index is 11.2. The molecule has 0 rings (SSSR count). The van der Waals surface area contributed by atoms with Crippen LogP contribution in [0.15, 0.2) is 0 Å².